The molecule has 0 spiro atoms. The van der Waals surface area contributed by atoms with Gasteiger partial charge in [-0.3, -0.25) is 9.59 Å². The molecule has 1 aliphatic rings. The minimum Gasteiger partial charge on any atom is -0.379 e. The Morgan fingerprint density at radius 2 is 1.86 bits per heavy atom. The van der Waals surface area contributed by atoms with E-state index in [1.165, 1.54) is 0 Å². The molecule has 0 aromatic carbocycles. The molecule has 6 nitrogen and oxygen atoms in total. The van der Waals surface area contributed by atoms with Gasteiger partial charge in [0.05, 0.1) is 19.1 Å². The molecule has 2 unspecified atom stereocenters. The average Bonchev–Trinajstić information content (AvgIpc) is 2.94. The first kappa shape index (κ1) is 17.9. The van der Waals surface area contributed by atoms with Crippen molar-refractivity contribution in [2.45, 2.75) is 39.7 Å². The summed E-state index contributed by atoms with van der Waals surface area (Å²) in [4.78, 5) is 25.8. The highest BCUT2D eigenvalue weighted by Gasteiger charge is 2.33. The van der Waals surface area contributed by atoms with Gasteiger partial charge < -0.3 is 20.3 Å². The molecule has 1 aliphatic heterocycles. The third-order valence-corrected chi connectivity index (χ3v) is 3.83. The fourth-order valence-electron chi connectivity index (χ4n) is 2.50. The van der Waals surface area contributed by atoms with E-state index in [4.69, 9.17) is 4.74 Å². The Morgan fingerprint density at radius 1 is 1.14 bits per heavy atom. The van der Waals surface area contributed by atoms with Crippen LogP contribution in [0.3, 0.4) is 0 Å². The topological polar surface area (TPSA) is 70.7 Å². The van der Waals surface area contributed by atoms with Gasteiger partial charge in [-0.1, -0.05) is 6.92 Å². The van der Waals surface area contributed by atoms with E-state index in [0.29, 0.717) is 39.3 Å². The van der Waals surface area contributed by atoms with E-state index in [0.717, 1.165) is 13.0 Å². The number of carbonyl (C=O) groups is 2. The smallest absolute Gasteiger partial charge is 0.227 e. The van der Waals surface area contributed by atoms with Crippen LogP contribution in [0.4, 0.5) is 0 Å². The maximum absolute atomic E-state index is 12.2. The van der Waals surface area contributed by atoms with Gasteiger partial charge in [0.2, 0.25) is 11.8 Å². The van der Waals surface area contributed by atoms with Gasteiger partial charge in [-0.2, -0.15) is 0 Å². The monoisotopic (exact) mass is 299 g/mol. The van der Waals surface area contributed by atoms with Crippen molar-refractivity contribution in [1.82, 2.24) is 15.5 Å². The van der Waals surface area contributed by atoms with E-state index in [1.54, 1.807) is 4.90 Å². The summed E-state index contributed by atoms with van der Waals surface area (Å²) in [5.41, 5.74) is 0. The molecule has 0 radical (unpaired) electrons. The summed E-state index contributed by atoms with van der Waals surface area (Å²) >= 11 is 0. The average molecular weight is 299 g/mol. The molecular weight excluding hydrogens is 270 g/mol. The van der Waals surface area contributed by atoms with E-state index < -0.39 is 0 Å². The number of ether oxygens (including phenoxy) is 1. The van der Waals surface area contributed by atoms with Gasteiger partial charge in [-0.15, -0.1) is 0 Å². The van der Waals surface area contributed by atoms with Crippen LogP contribution >= 0.6 is 0 Å². The lowest BCUT2D eigenvalue weighted by Gasteiger charge is -2.20. The van der Waals surface area contributed by atoms with Crippen molar-refractivity contribution in [2.24, 2.45) is 5.92 Å². The van der Waals surface area contributed by atoms with E-state index >= 15 is 0 Å². The minimum atomic E-state index is -0.153. The Morgan fingerprint density at radius 3 is 2.48 bits per heavy atom. The van der Waals surface area contributed by atoms with Gasteiger partial charge in [0.1, 0.15) is 0 Å². The van der Waals surface area contributed by atoms with Crippen molar-refractivity contribution in [2.75, 3.05) is 39.4 Å². The van der Waals surface area contributed by atoms with E-state index in [-0.39, 0.29) is 23.8 Å². The molecule has 6 heteroatoms. The lowest BCUT2D eigenvalue weighted by atomic mass is 10.0. The van der Waals surface area contributed by atoms with Gasteiger partial charge in [-0.05, 0) is 26.8 Å². The Balaban J connectivity index is 2.31. The summed E-state index contributed by atoms with van der Waals surface area (Å²) in [6, 6.07) is 0.0865. The summed E-state index contributed by atoms with van der Waals surface area (Å²) in [6.07, 6.45) is 1.39. The van der Waals surface area contributed by atoms with Gasteiger partial charge in [0.15, 0.2) is 0 Å². The van der Waals surface area contributed by atoms with Crippen molar-refractivity contribution >= 4 is 11.8 Å². The van der Waals surface area contributed by atoms with Crippen LogP contribution in [0.1, 0.15) is 33.6 Å². The van der Waals surface area contributed by atoms with Crippen molar-refractivity contribution < 1.29 is 14.3 Å². The molecule has 21 heavy (non-hydrogen) atoms. The molecule has 0 bridgehead atoms. The van der Waals surface area contributed by atoms with Crippen LogP contribution in [0.15, 0.2) is 0 Å². The van der Waals surface area contributed by atoms with Crippen molar-refractivity contribution in [3.8, 4) is 0 Å². The summed E-state index contributed by atoms with van der Waals surface area (Å²) in [6.45, 7) is 9.75. The van der Waals surface area contributed by atoms with Gasteiger partial charge >= 0.3 is 0 Å². The molecule has 1 rings (SSSR count). The minimum absolute atomic E-state index is 0.0200. The third-order valence-electron chi connectivity index (χ3n) is 3.83. The molecule has 0 aromatic heterocycles. The second-order valence-corrected chi connectivity index (χ2v) is 5.31. The lowest BCUT2D eigenvalue weighted by Crippen LogP contribution is -2.45. The SMILES string of the molecule is CCCNC1COCC1C(=O)NCCC(=O)N(CC)CC. The zero-order chi connectivity index (χ0) is 15.7. The quantitative estimate of drug-likeness (QED) is 0.645. The fraction of sp³-hybridized carbons (Fsp3) is 0.867. The molecule has 2 amide bonds. The number of rotatable bonds is 9. The molecule has 0 saturated carbocycles. The molecule has 2 N–H and O–H groups in total. The predicted molar refractivity (Wildman–Crippen MR) is 81.9 cm³/mol. The first-order valence-corrected chi connectivity index (χ1v) is 8.00. The number of nitrogens with zero attached hydrogens (tertiary/aromatic N) is 1. The standard InChI is InChI=1S/C15H29N3O3/c1-4-8-16-13-11-21-10-12(13)15(20)17-9-7-14(19)18(5-2)6-3/h12-13,16H,4-11H2,1-3H3,(H,17,20). The normalized spacial score (nSPS) is 21.3. The Labute approximate surface area is 127 Å². The van der Waals surface area contributed by atoms with E-state index in [2.05, 4.69) is 17.6 Å². The van der Waals surface area contributed by atoms with E-state index in [1.807, 2.05) is 13.8 Å². The van der Waals surface area contributed by atoms with Crippen LogP contribution in [0.25, 0.3) is 0 Å². The van der Waals surface area contributed by atoms with Crippen LogP contribution in [0.2, 0.25) is 0 Å². The van der Waals surface area contributed by atoms with Crippen molar-refractivity contribution in [3.05, 3.63) is 0 Å². The van der Waals surface area contributed by atoms with Crippen LogP contribution in [-0.4, -0.2) is 62.1 Å². The lowest BCUT2D eigenvalue weighted by molar-refractivity contribution is -0.131. The first-order valence-electron chi connectivity index (χ1n) is 8.00. The Bertz CT molecular complexity index is 332. The zero-order valence-corrected chi connectivity index (χ0v) is 13.5. The highest BCUT2D eigenvalue weighted by atomic mass is 16.5. The molecule has 0 aliphatic carbocycles. The zero-order valence-electron chi connectivity index (χ0n) is 13.5. The Hall–Kier alpha value is -1.14. The summed E-state index contributed by atoms with van der Waals surface area (Å²) in [7, 11) is 0. The Kier molecular flexibility index (Phi) is 8.30. The van der Waals surface area contributed by atoms with Crippen molar-refractivity contribution in [3.63, 3.8) is 0 Å². The van der Waals surface area contributed by atoms with Crippen molar-refractivity contribution in [1.29, 1.82) is 0 Å². The molecule has 1 fully saturated rings. The largest absolute Gasteiger partial charge is 0.379 e. The third kappa shape index (κ3) is 5.63. The second-order valence-electron chi connectivity index (χ2n) is 5.31. The van der Waals surface area contributed by atoms with Gasteiger partial charge in [0, 0.05) is 32.1 Å². The van der Waals surface area contributed by atoms with E-state index in [9.17, 15) is 9.59 Å². The fourth-order valence-corrected chi connectivity index (χ4v) is 2.50. The van der Waals surface area contributed by atoms with Gasteiger partial charge in [-0.25, -0.2) is 0 Å². The summed E-state index contributed by atoms with van der Waals surface area (Å²) in [5, 5.41) is 6.20. The van der Waals surface area contributed by atoms with Crippen LogP contribution in [-0.2, 0) is 14.3 Å². The number of amides is 2. The number of carbonyl (C=O) groups excluding carboxylic acids is 2. The van der Waals surface area contributed by atoms with Crippen LogP contribution < -0.4 is 10.6 Å². The molecule has 0 aromatic rings. The van der Waals surface area contributed by atoms with Gasteiger partial charge in [0.25, 0.3) is 0 Å². The summed E-state index contributed by atoms with van der Waals surface area (Å²) in [5.74, 6) is -0.0859. The summed E-state index contributed by atoms with van der Waals surface area (Å²) < 4.78 is 5.39. The highest BCUT2D eigenvalue weighted by molar-refractivity contribution is 5.81. The maximum atomic E-state index is 12.2. The highest BCUT2D eigenvalue weighted by Crippen LogP contribution is 2.13. The second kappa shape index (κ2) is 9.73. The number of hydrogen-bond donors (Lipinski definition) is 2. The molecule has 1 heterocycles. The molecule has 122 valence electrons. The van der Waals surface area contributed by atoms with Crippen LogP contribution in [0, 0.1) is 5.92 Å². The maximum Gasteiger partial charge on any atom is 0.227 e. The number of hydrogen-bond acceptors (Lipinski definition) is 4. The predicted octanol–water partition coefficient (Wildman–Crippen LogP) is 0.376. The first-order chi connectivity index (χ1) is 10.1. The molecular formula is C15H29N3O3. The number of nitrogens with one attached hydrogen (secondary N) is 2. The molecule has 1 saturated heterocycles. The molecule has 2 atom stereocenters. The van der Waals surface area contributed by atoms with Crippen LogP contribution in [0.5, 0.6) is 0 Å².